The van der Waals surface area contributed by atoms with E-state index in [1.165, 1.54) is 6.20 Å². The van der Waals surface area contributed by atoms with Gasteiger partial charge in [-0.1, -0.05) is 11.6 Å². The van der Waals surface area contributed by atoms with Crippen LogP contribution in [0.4, 0.5) is 10.5 Å². The van der Waals surface area contributed by atoms with Gasteiger partial charge in [-0.25, -0.2) is 4.79 Å². The van der Waals surface area contributed by atoms with Gasteiger partial charge in [0.1, 0.15) is 11.6 Å². The van der Waals surface area contributed by atoms with Crippen LogP contribution in [0.3, 0.4) is 0 Å². The van der Waals surface area contributed by atoms with Crippen molar-refractivity contribution in [2.24, 2.45) is 0 Å². The van der Waals surface area contributed by atoms with Gasteiger partial charge in [0, 0.05) is 16.9 Å². The van der Waals surface area contributed by atoms with Crippen LogP contribution in [0.15, 0.2) is 36.0 Å². The highest BCUT2D eigenvalue weighted by molar-refractivity contribution is 6.30. The van der Waals surface area contributed by atoms with Crippen LogP contribution in [0.1, 0.15) is 6.92 Å². The molecule has 0 aliphatic heterocycles. The Morgan fingerprint density at radius 3 is 2.60 bits per heavy atom. The number of anilines is 1. The van der Waals surface area contributed by atoms with E-state index in [0.29, 0.717) is 10.7 Å². The van der Waals surface area contributed by atoms with E-state index in [1.54, 1.807) is 37.3 Å². The fraction of sp³-hybridized carbons (Fsp3) is 0.154. The number of hydrogen-bond acceptors (Lipinski definition) is 5. The summed E-state index contributed by atoms with van der Waals surface area (Å²) in [6.45, 7) is 1.74. The van der Waals surface area contributed by atoms with Crippen LogP contribution in [0, 0.1) is 11.3 Å². The standard InChI is InChI=1S/C13H12ClN3O3/c1-2-20-13(19)17-12(18)9(7-15)8-16-11-5-3-10(14)4-6-11/h3-6,8,16H,2H2,1H3,(H,17,18,19)/b9-8-. The van der Waals surface area contributed by atoms with E-state index in [9.17, 15) is 9.59 Å². The summed E-state index contributed by atoms with van der Waals surface area (Å²) in [5, 5.41) is 14.1. The lowest BCUT2D eigenvalue weighted by atomic mass is 10.3. The minimum atomic E-state index is -0.898. The minimum Gasteiger partial charge on any atom is -0.450 e. The number of nitrogens with one attached hydrogen (secondary N) is 2. The summed E-state index contributed by atoms with van der Waals surface area (Å²) in [6.07, 6.45) is 0.294. The van der Waals surface area contributed by atoms with Gasteiger partial charge < -0.3 is 10.1 Å². The Balaban J connectivity index is 2.68. The highest BCUT2D eigenvalue weighted by Crippen LogP contribution is 2.13. The number of imide groups is 1. The number of carbonyl (C=O) groups is 2. The molecule has 0 atom stereocenters. The molecule has 0 spiro atoms. The maximum atomic E-state index is 11.6. The second-order valence-corrected chi connectivity index (χ2v) is 3.93. The number of amides is 2. The molecule has 0 aliphatic rings. The van der Waals surface area contributed by atoms with Crippen molar-refractivity contribution in [2.45, 2.75) is 6.92 Å². The molecule has 1 aromatic carbocycles. The number of benzene rings is 1. The van der Waals surface area contributed by atoms with E-state index in [1.807, 2.05) is 5.32 Å². The van der Waals surface area contributed by atoms with Crippen molar-refractivity contribution in [3.63, 3.8) is 0 Å². The second kappa shape index (κ2) is 7.81. The van der Waals surface area contributed by atoms with Crippen LogP contribution in [0.2, 0.25) is 5.02 Å². The average molecular weight is 294 g/mol. The SMILES string of the molecule is CCOC(=O)NC(=O)/C(C#N)=C\Nc1ccc(Cl)cc1. The molecule has 7 heteroatoms. The number of rotatable bonds is 4. The Labute approximate surface area is 121 Å². The molecule has 1 rings (SSSR count). The van der Waals surface area contributed by atoms with Gasteiger partial charge in [-0.15, -0.1) is 0 Å². The number of hydrogen-bond donors (Lipinski definition) is 2. The summed E-state index contributed by atoms with van der Waals surface area (Å²) < 4.78 is 4.54. The molecule has 2 amide bonds. The highest BCUT2D eigenvalue weighted by atomic mass is 35.5. The van der Waals surface area contributed by atoms with Gasteiger partial charge in [-0.05, 0) is 31.2 Å². The predicted octanol–water partition coefficient (Wildman–Crippen LogP) is 2.43. The summed E-state index contributed by atoms with van der Waals surface area (Å²) in [5.74, 6) is -0.840. The molecule has 0 heterocycles. The Morgan fingerprint density at radius 2 is 2.05 bits per heavy atom. The van der Waals surface area contributed by atoms with Crippen LogP contribution in [0.5, 0.6) is 0 Å². The number of nitriles is 1. The van der Waals surface area contributed by atoms with Crippen LogP contribution in [0.25, 0.3) is 0 Å². The molecule has 6 nitrogen and oxygen atoms in total. The smallest absolute Gasteiger partial charge is 0.414 e. The average Bonchev–Trinajstić information content (AvgIpc) is 2.41. The van der Waals surface area contributed by atoms with Crippen molar-refractivity contribution in [1.29, 1.82) is 5.26 Å². The molecule has 0 aromatic heterocycles. The molecule has 0 saturated carbocycles. The first-order valence-corrected chi connectivity index (χ1v) is 6.05. The van der Waals surface area contributed by atoms with E-state index in [4.69, 9.17) is 16.9 Å². The Kier molecular flexibility index (Phi) is 6.07. The van der Waals surface area contributed by atoms with Crippen molar-refractivity contribution in [3.8, 4) is 6.07 Å². The zero-order valence-electron chi connectivity index (χ0n) is 10.6. The first-order valence-electron chi connectivity index (χ1n) is 5.67. The van der Waals surface area contributed by atoms with Crippen LogP contribution in [-0.4, -0.2) is 18.6 Å². The van der Waals surface area contributed by atoms with Gasteiger partial charge in [-0.3, -0.25) is 10.1 Å². The topological polar surface area (TPSA) is 91.2 Å². The van der Waals surface area contributed by atoms with E-state index in [0.717, 1.165) is 0 Å². The fourth-order valence-electron chi connectivity index (χ4n) is 1.18. The molecule has 0 unspecified atom stereocenters. The molecule has 0 saturated heterocycles. The Hall–Kier alpha value is -2.52. The lowest BCUT2D eigenvalue weighted by Crippen LogP contribution is -2.32. The molecule has 20 heavy (non-hydrogen) atoms. The minimum absolute atomic E-state index is 0.133. The zero-order valence-corrected chi connectivity index (χ0v) is 11.4. The van der Waals surface area contributed by atoms with Gasteiger partial charge in [0.05, 0.1) is 6.61 Å². The first kappa shape index (κ1) is 15.5. The third-order valence-corrected chi connectivity index (χ3v) is 2.34. The number of nitrogens with zero attached hydrogens (tertiary/aromatic N) is 1. The predicted molar refractivity (Wildman–Crippen MR) is 73.9 cm³/mol. The van der Waals surface area contributed by atoms with E-state index >= 15 is 0 Å². The fourth-order valence-corrected chi connectivity index (χ4v) is 1.30. The van der Waals surface area contributed by atoms with Gasteiger partial charge in [-0.2, -0.15) is 5.26 Å². The highest BCUT2D eigenvalue weighted by Gasteiger charge is 2.13. The molecule has 104 valence electrons. The second-order valence-electron chi connectivity index (χ2n) is 3.50. The van der Waals surface area contributed by atoms with Crippen molar-refractivity contribution < 1.29 is 14.3 Å². The molecule has 0 fully saturated rings. The van der Waals surface area contributed by atoms with Crippen LogP contribution in [-0.2, 0) is 9.53 Å². The monoisotopic (exact) mass is 293 g/mol. The first-order chi connectivity index (χ1) is 9.56. The van der Waals surface area contributed by atoms with E-state index in [-0.39, 0.29) is 12.2 Å². The van der Waals surface area contributed by atoms with Gasteiger partial charge in [0.15, 0.2) is 0 Å². The summed E-state index contributed by atoms with van der Waals surface area (Å²) in [5.41, 5.74) is 0.388. The van der Waals surface area contributed by atoms with Gasteiger partial charge in [0.25, 0.3) is 5.91 Å². The summed E-state index contributed by atoms with van der Waals surface area (Å²) in [4.78, 5) is 22.6. The number of ether oxygens (including phenoxy) is 1. The third-order valence-electron chi connectivity index (χ3n) is 2.08. The van der Waals surface area contributed by atoms with Crippen molar-refractivity contribution in [1.82, 2.24) is 5.32 Å². The van der Waals surface area contributed by atoms with Crippen LogP contribution < -0.4 is 10.6 Å². The number of carbonyl (C=O) groups excluding carboxylic acids is 2. The lowest BCUT2D eigenvalue weighted by Gasteiger charge is -2.04. The number of alkyl carbamates (subject to hydrolysis) is 1. The normalized spacial score (nSPS) is 10.3. The van der Waals surface area contributed by atoms with Gasteiger partial charge in [0.2, 0.25) is 0 Å². The van der Waals surface area contributed by atoms with E-state index in [2.05, 4.69) is 10.1 Å². The maximum Gasteiger partial charge on any atom is 0.414 e. The number of halogens is 1. The summed E-state index contributed by atoms with van der Waals surface area (Å²) >= 11 is 5.73. The molecule has 0 radical (unpaired) electrons. The zero-order chi connectivity index (χ0) is 15.0. The quantitative estimate of drug-likeness (QED) is 0.657. The van der Waals surface area contributed by atoms with E-state index < -0.39 is 12.0 Å². The molecule has 0 bridgehead atoms. The Morgan fingerprint density at radius 1 is 1.40 bits per heavy atom. The molecular weight excluding hydrogens is 282 g/mol. The summed E-state index contributed by atoms with van der Waals surface area (Å²) in [7, 11) is 0. The molecule has 0 aliphatic carbocycles. The third kappa shape index (κ3) is 5.00. The Bertz CT molecular complexity index is 561. The maximum absolute atomic E-state index is 11.6. The van der Waals surface area contributed by atoms with Crippen LogP contribution >= 0.6 is 11.6 Å². The largest absolute Gasteiger partial charge is 0.450 e. The van der Waals surface area contributed by atoms with Crippen molar-refractivity contribution >= 4 is 29.3 Å². The molecule has 1 aromatic rings. The summed E-state index contributed by atoms with van der Waals surface area (Å²) in [6, 6.07) is 8.35. The van der Waals surface area contributed by atoms with Crippen molar-refractivity contribution in [2.75, 3.05) is 11.9 Å². The van der Waals surface area contributed by atoms with Crippen molar-refractivity contribution in [3.05, 3.63) is 41.1 Å². The van der Waals surface area contributed by atoms with Gasteiger partial charge >= 0.3 is 6.09 Å². The molecule has 2 N–H and O–H groups in total. The lowest BCUT2D eigenvalue weighted by molar-refractivity contribution is -0.116. The molecular formula is C13H12ClN3O3.